The Hall–Kier alpha value is -1.26. The summed E-state index contributed by atoms with van der Waals surface area (Å²) in [4.78, 5) is 9.12. The molecule has 0 unspecified atom stereocenters. The quantitative estimate of drug-likeness (QED) is 0.926. The van der Waals surface area contributed by atoms with Gasteiger partial charge in [0.2, 0.25) is 0 Å². The standard InChI is InChI=1S/C14H14BrN3/c15-12-3-1-10(2-4-12)7-14-17-9-11-8-16-6-5-13(11)18-14/h1-4,9,16H,5-8H2. The lowest BCUT2D eigenvalue weighted by Crippen LogP contribution is -2.25. The molecule has 0 bridgehead atoms. The smallest absolute Gasteiger partial charge is 0.132 e. The lowest BCUT2D eigenvalue weighted by Gasteiger charge is -2.16. The Labute approximate surface area is 115 Å². The normalized spacial score (nSPS) is 14.3. The maximum absolute atomic E-state index is 4.67. The number of benzene rings is 1. The number of nitrogens with one attached hydrogen (secondary N) is 1. The zero-order valence-corrected chi connectivity index (χ0v) is 11.6. The highest BCUT2D eigenvalue weighted by atomic mass is 79.9. The second kappa shape index (κ2) is 5.16. The molecule has 0 saturated carbocycles. The summed E-state index contributed by atoms with van der Waals surface area (Å²) in [6, 6.07) is 8.32. The van der Waals surface area contributed by atoms with Gasteiger partial charge in [-0.05, 0) is 17.7 Å². The van der Waals surface area contributed by atoms with E-state index in [1.807, 2.05) is 6.20 Å². The molecule has 0 aliphatic carbocycles. The van der Waals surface area contributed by atoms with Gasteiger partial charge < -0.3 is 5.32 Å². The van der Waals surface area contributed by atoms with E-state index in [1.54, 1.807) is 0 Å². The number of aromatic nitrogens is 2. The van der Waals surface area contributed by atoms with Crippen LogP contribution in [0.5, 0.6) is 0 Å². The number of hydrogen-bond donors (Lipinski definition) is 1. The molecule has 0 radical (unpaired) electrons. The predicted molar refractivity (Wildman–Crippen MR) is 74.4 cm³/mol. The Morgan fingerprint density at radius 1 is 1.22 bits per heavy atom. The minimum Gasteiger partial charge on any atom is -0.312 e. The van der Waals surface area contributed by atoms with Crippen LogP contribution in [0.4, 0.5) is 0 Å². The lowest BCUT2D eigenvalue weighted by atomic mass is 10.1. The molecule has 0 atom stereocenters. The van der Waals surface area contributed by atoms with Crippen LogP contribution in [-0.2, 0) is 19.4 Å². The maximum atomic E-state index is 4.67. The minimum absolute atomic E-state index is 0.800. The largest absolute Gasteiger partial charge is 0.312 e. The van der Waals surface area contributed by atoms with E-state index >= 15 is 0 Å². The summed E-state index contributed by atoms with van der Waals surface area (Å²) in [6.45, 7) is 1.91. The van der Waals surface area contributed by atoms with Crippen LogP contribution >= 0.6 is 15.9 Å². The van der Waals surface area contributed by atoms with Gasteiger partial charge in [0.05, 0.1) is 0 Å². The third-order valence-electron chi connectivity index (χ3n) is 3.13. The molecule has 0 saturated heterocycles. The second-order valence-corrected chi connectivity index (χ2v) is 5.40. The molecule has 2 aromatic rings. The van der Waals surface area contributed by atoms with E-state index in [-0.39, 0.29) is 0 Å². The average Bonchev–Trinajstić information content (AvgIpc) is 2.41. The molecule has 0 fully saturated rings. The van der Waals surface area contributed by atoms with E-state index in [4.69, 9.17) is 0 Å². The van der Waals surface area contributed by atoms with Crippen LogP contribution in [0.2, 0.25) is 0 Å². The summed E-state index contributed by atoms with van der Waals surface area (Å²) >= 11 is 3.44. The molecule has 0 amide bonds. The molecule has 1 aromatic heterocycles. The number of nitrogens with zero attached hydrogens (tertiary/aromatic N) is 2. The Balaban J connectivity index is 1.82. The van der Waals surface area contributed by atoms with Gasteiger partial charge in [0, 0.05) is 47.9 Å². The predicted octanol–water partition coefficient (Wildman–Crippen LogP) is 2.48. The van der Waals surface area contributed by atoms with Crippen LogP contribution in [0.1, 0.15) is 22.6 Å². The molecular weight excluding hydrogens is 290 g/mol. The molecule has 1 N–H and O–H groups in total. The number of halogens is 1. The van der Waals surface area contributed by atoms with Gasteiger partial charge >= 0.3 is 0 Å². The van der Waals surface area contributed by atoms with E-state index in [0.717, 1.165) is 36.2 Å². The highest BCUT2D eigenvalue weighted by molar-refractivity contribution is 9.10. The van der Waals surface area contributed by atoms with Gasteiger partial charge in [0.25, 0.3) is 0 Å². The molecule has 1 aliphatic heterocycles. The van der Waals surface area contributed by atoms with Gasteiger partial charge in [-0.2, -0.15) is 0 Å². The van der Waals surface area contributed by atoms with Crippen molar-refractivity contribution in [3.8, 4) is 0 Å². The summed E-state index contributed by atoms with van der Waals surface area (Å²) in [7, 11) is 0. The highest BCUT2D eigenvalue weighted by Gasteiger charge is 2.11. The summed E-state index contributed by atoms with van der Waals surface area (Å²) in [5.74, 6) is 0.915. The van der Waals surface area contributed by atoms with Crippen LogP contribution in [0.15, 0.2) is 34.9 Å². The zero-order chi connectivity index (χ0) is 12.4. The van der Waals surface area contributed by atoms with Crippen molar-refractivity contribution in [1.29, 1.82) is 0 Å². The van der Waals surface area contributed by atoms with Gasteiger partial charge in [-0.3, -0.25) is 0 Å². The summed E-state index contributed by atoms with van der Waals surface area (Å²) < 4.78 is 1.10. The minimum atomic E-state index is 0.800. The van der Waals surface area contributed by atoms with Crippen molar-refractivity contribution in [1.82, 2.24) is 15.3 Å². The SMILES string of the molecule is Brc1ccc(Cc2ncc3c(n2)CCNC3)cc1. The third kappa shape index (κ3) is 2.60. The van der Waals surface area contributed by atoms with Gasteiger partial charge in [-0.25, -0.2) is 9.97 Å². The Morgan fingerprint density at radius 2 is 2.06 bits per heavy atom. The molecule has 92 valence electrons. The molecule has 4 heteroatoms. The lowest BCUT2D eigenvalue weighted by molar-refractivity contribution is 0.621. The monoisotopic (exact) mass is 303 g/mol. The Morgan fingerprint density at radius 3 is 2.89 bits per heavy atom. The molecule has 18 heavy (non-hydrogen) atoms. The van der Waals surface area contributed by atoms with Crippen LogP contribution in [0.25, 0.3) is 0 Å². The van der Waals surface area contributed by atoms with Crippen molar-refractivity contribution in [2.45, 2.75) is 19.4 Å². The summed E-state index contributed by atoms with van der Waals surface area (Å²) in [6.07, 6.45) is 3.77. The zero-order valence-electron chi connectivity index (χ0n) is 9.99. The fraction of sp³-hybridized carbons (Fsp3) is 0.286. The molecule has 3 nitrogen and oxygen atoms in total. The molecule has 1 aliphatic rings. The van der Waals surface area contributed by atoms with Crippen molar-refractivity contribution in [3.05, 3.63) is 57.6 Å². The van der Waals surface area contributed by atoms with E-state index in [2.05, 4.69) is 55.5 Å². The molecule has 0 spiro atoms. The van der Waals surface area contributed by atoms with Crippen LogP contribution < -0.4 is 5.32 Å². The molecule has 2 heterocycles. The number of fused-ring (bicyclic) bond motifs is 1. The maximum Gasteiger partial charge on any atom is 0.132 e. The Kier molecular flexibility index (Phi) is 3.39. The van der Waals surface area contributed by atoms with Gasteiger partial charge in [-0.15, -0.1) is 0 Å². The van der Waals surface area contributed by atoms with Gasteiger partial charge in [0.15, 0.2) is 0 Å². The number of hydrogen-bond acceptors (Lipinski definition) is 3. The van der Waals surface area contributed by atoms with Crippen molar-refractivity contribution >= 4 is 15.9 Å². The van der Waals surface area contributed by atoms with Crippen molar-refractivity contribution in [2.24, 2.45) is 0 Å². The first kappa shape index (κ1) is 11.8. The summed E-state index contributed by atoms with van der Waals surface area (Å²) in [5, 5.41) is 3.33. The third-order valence-corrected chi connectivity index (χ3v) is 3.66. The fourth-order valence-electron chi connectivity index (χ4n) is 2.15. The molecule has 1 aromatic carbocycles. The van der Waals surface area contributed by atoms with E-state index in [0.29, 0.717) is 0 Å². The summed E-state index contributed by atoms with van der Waals surface area (Å²) in [5.41, 5.74) is 3.68. The second-order valence-electron chi connectivity index (χ2n) is 4.49. The molecule has 3 rings (SSSR count). The highest BCUT2D eigenvalue weighted by Crippen LogP contribution is 2.14. The first-order valence-corrected chi connectivity index (χ1v) is 6.89. The van der Waals surface area contributed by atoms with E-state index in [9.17, 15) is 0 Å². The topological polar surface area (TPSA) is 37.8 Å². The van der Waals surface area contributed by atoms with Crippen molar-refractivity contribution in [2.75, 3.05) is 6.54 Å². The first-order chi connectivity index (χ1) is 8.81. The first-order valence-electron chi connectivity index (χ1n) is 6.10. The average molecular weight is 304 g/mol. The van der Waals surface area contributed by atoms with E-state index in [1.165, 1.54) is 16.8 Å². The molecular formula is C14H14BrN3. The Bertz CT molecular complexity index is 551. The van der Waals surface area contributed by atoms with Crippen LogP contribution in [-0.4, -0.2) is 16.5 Å². The van der Waals surface area contributed by atoms with Crippen molar-refractivity contribution < 1.29 is 0 Å². The fourth-order valence-corrected chi connectivity index (χ4v) is 2.41. The number of rotatable bonds is 2. The van der Waals surface area contributed by atoms with Crippen LogP contribution in [0.3, 0.4) is 0 Å². The van der Waals surface area contributed by atoms with Crippen molar-refractivity contribution in [3.63, 3.8) is 0 Å². The van der Waals surface area contributed by atoms with Gasteiger partial charge in [0.1, 0.15) is 5.82 Å². The van der Waals surface area contributed by atoms with Gasteiger partial charge in [-0.1, -0.05) is 28.1 Å². The van der Waals surface area contributed by atoms with Crippen LogP contribution in [0, 0.1) is 0 Å². The van der Waals surface area contributed by atoms with E-state index < -0.39 is 0 Å².